The molecular formula is C10H14N2O. The zero-order valence-corrected chi connectivity index (χ0v) is 7.57. The third-order valence-electron chi connectivity index (χ3n) is 2.40. The van der Waals surface area contributed by atoms with Crippen LogP contribution in [-0.4, -0.2) is 17.7 Å². The van der Waals surface area contributed by atoms with E-state index in [0.29, 0.717) is 11.9 Å². The molecule has 0 amide bonds. The molecule has 1 saturated heterocycles. The Kier molecular flexibility index (Phi) is 2.45. The molecular weight excluding hydrogens is 164 g/mol. The van der Waals surface area contributed by atoms with Crippen LogP contribution < -0.4 is 5.73 Å². The van der Waals surface area contributed by atoms with Crippen molar-refractivity contribution < 1.29 is 4.74 Å². The molecule has 1 fully saturated rings. The number of ether oxygens (including phenoxy) is 1. The minimum absolute atomic E-state index is 0.353. The summed E-state index contributed by atoms with van der Waals surface area (Å²) < 4.78 is 5.53. The van der Waals surface area contributed by atoms with E-state index in [0.717, 1.165) is 25.0 Å². The van der Waals surface area contributed by atoms with Crippen LogP contribution in [0.1, 0.15) is 18.4 Å². The number of hydrogen-bond acceptors (Lipinski definition) is 3. The maximum absolute atomic E-state index is 5.73. The number of anilines is 1. The van der Waals surface area contributed by atoms with Crippen LogP contribution in [-0.2, 0) is 11.2 Å². The Morgan fingerprint density at radius 3 is 3.23 bits per heavy atom. The highest BCUT2D eigenvalue weighted by Crippen LogP contribution is 2.19. The molecule has 70 valence electrons. The van der Waals surface area contributed by atoms with Gasteiger partial charge in [0.05, 0.1) is 6.10 Å². The van der Waals surface area contributed by atoms with Crippen LogP contribution in [0.2, 0.25) is 0 Å². The van der Waals surface area contributed by atoms with Gasteiger partial charge in [0.15, 0.2) is 0 Å². The van der Waals surface area contributed by atoms with E-state index >= 15 is 0 Å². The summed E-state index contributed by atoms with van der Waals surface area (Å²) in [5.74, 6) is 0.637. The van der Waals surface area contributed by atoms with Crippen LogP contribution in [0.5, 0.6) is 0 Å². The first-order chi connectivity index (χ1) is 6.36. The first kappa shape index (κ1) is 8.51. The number of nitrogens with two attached hydrogens (primary N) is 1. The number of rotatable bonds is 2. The molecule has 0 spiro atoms. The zero-order chi connectivity index (χ0) is 9.10. The van der Waals surface area contributed by atoms with Crippen LogP contribution in [0.25, 0.3) is 0 Å². The van der Waals surface area contributed by atoms with Crippen LogP contribution in [0.15, 0.2) is 18.3 Å². The molecule has 0 bridgehead atoms. The molecule has 2 rings (SSSR count). The van der Waals surface area contributed by atoms with Gasteiger partial charge in [-0.05, 0) is 24.5 Å². The molecule has 1 aliphatic rings. The van der Waals surface area contributed by atoms with Crippen molar-refractivity contribution in [2.45, 2.75) is 25.4 Å². The van der Waals surface area contributed by atoms with E-state index < -0.39 is 0 Å². The Bertz CT molecular complexity index is 282. The minimum Gasteiger partial charge on any atom is -0.383 e. The average Bonchev–Trinajstić information content (AvgIpc) is 2.61. The van der Waals surface area contributed by atoms with E-state index in [9.17, 15) is 0 Å². The van der Waals surface area contributed by atoms with Crippen molar-refractivity contribution in [2.24, 2.45) is 0 Å². The second-order valence-electron chi connectivity index (χ2n) is 3.39. The molecule has 3 heteroatoms. The Morgan fingerprint density at radius 1 is 1.62 bits per heavy atom. The maximum Gasteiger partial charge on any atom is 0.126 e. The molecule has 0 aliphatic carbocycles. The molecule has 0 unspecified atom stereocenters. The average molecular weight is 178 g/mol. The molecule has 1 aromatic heterocycles. The molecule has 0 radical (unpaired) electrons. The summed E-state index contributed by atoms with van der Waals surface area (Å²) in [4.78, 5) is 4.04. The molecule has 1 aliphatic heterocycles. The van der Waals surface area contributed by atoms with E-state index in [1.807, 2.05) is 12.1 Å². The zero-order valence-electron chi connectivity index (χ0n) is 7.57. The molecule has 1 aromatic rings. The highest BCUT2D eigenvalue weighted by atomic mass is 16.5. The molecule has 2 N–H and O–H groups in total. The second-order valence-corrected chi connectivity index (χ2v) is 3.39. The summed E-state index contributed by atoms with van der Waals surface area (Å²) in [5.41, 5.74) is 6.84. The van der Waals surface area contributed by atoms with Crippen LogP contribution >= 0.6 is 0 Å². The Labute approximate surface area is 77.9 Å². The normalized spacial score (nSPS) is 22.0. The molecule has 3 nitrogen and oxygen atoms in total. The third kappa shape index (κ3) is 1.98. The quantitative estimate of drug-likeness (QED) is 0.744. The lowest BCUT2D eigenvalue weighted by Crippen LogP contribution is -2.10. The summed E-state index contributed by atoms with van der Waals surface area (Å²) in [5, 5.41) is 0. The minimum atomic E-state index is 0.353. The van der Waals surface area contributed by atoms with Crippen molar-refractivity contribution in [3.63, 3.8) is 0 Å². The van der Waals surface area contributed by atoms with E-state index in [1.165, 1.54) is 6.42 Å². The number of pyridine rings is 1. The number of nitrogens with zero attached hydrogens (tertiary/aromatic N) is 1. The Hall–Kier alpha value is -1.09. The van der Waals surface area contributed by atoms with Gasteiger partial charge in [-0.25, -0.2) is 4.98 Å². The van der Waals surface area contributed by atoms with E-state index in [2.05, 4.69) is 4.98 Å². The van der Waals surface area contributed by atoms with Crippen molar-refractivity contribution in [2.75, 3.05) is 12.3 Å². The monoisotopic (exact) mass is 178 g/mol. The lowest BCUT2D eigenvalue weighted by atomic mass is 10.1. The van der Waals surface area contributed by atoms with Crippen LogP contribution in [0.4, 0.5) is 5.82 Å². The summed E-state index contributed by atoms with van der Waals surface area (Å²) in [6, 6.07) is 3.94. The third-order valence-corrected chi connectivity index (χ3v) is 2.40. The lowest BCUT2D eigenvalue weighted by molar-refractivity contribution is 0.111. The van der Waals surface area contributed by atoms with Crippen molar-refractivity contribution in [3.05, 3.63) is 23.9 Å². The first-order valence-corrected chi connectivity index (χ1v) is 4.67. The Balaban J connectivity index is 2.04. The molecule has 0 aromatic carbocycles. The van der Waals surface area contributed by atoms with Crippen molar-refractivity contribution >= 4 is 5.82 Å². The topological polar surface area (TPSA) is 48.1 Å². The van der Waals surface area contributed by atoms with Gasteiger partial charge in [-0.15, -0.1) is 0 Å². The van der Waals surface area contributed by atoms with Gasteiger partial charge in [0.2, 0.25) is 0 Å². The van der Waals surface area contributed by atoms with Crippen molar-refractivity contribution in [1.82, 2.24) is 4.98 Å². The Morgan fingerprint density at radius 2 is 2.54 bits per heavy atom. The standard InChI is InChI=1S/C10H14N2O/c11-10-8(3-1-5-12-10)7-9-4-2-6-13-9/h1,3,5,9H,2,4,6-7H2,(H2,11,12)/t9-/m0/s1. The fraction of sp³-hybridized carbons (Fsp3) is 0.500. The highest BCUT2D eigenvalue weighted by molar-refractivity contribution is 5.38. The molecule has 1 atom stereocenters. The number of nitrogen functional groups attached to an aromatic ring is 1. The van der Waals surface area contributed by atoms with E-state index in [-0.39, 0.29) is 0 Å². The lowest BCUT2D eigenvalue weighted by Gasteiger charge is -2.09. The van der Waals surface area contributed by atoms with Gasteiger partial charge >= 0.3 is 0 Å². The smallest absolute Gasteiger partial charge is 0.126 e. The molecule has 0 saturated carbocycles. The summed E-state index contributed by atoms with van der Waals surface area (Å²) in [6.07, 6.45) is 5.29. The van der Waals surface area contributed by atoms with Crippen molar-refractivity contribution in [1.29, 1.82) is 0 Å². The van der Waals surface area contributed by atoms with E-state index in [4.69, 9.17) is 10.5 Å². The number of aromatic nitrogens is 1. The summed E-state index contributed by atoms with van der Waals surface area (Å²) in [7, 11) is 0. The SMILES string of the molecule is Nc1ncccc1C[C@@H]1CCCO1. The van der Waals surface area contributed by atoms with Gasteiger partial charge in [0, 0.05) is 19.2 Å². The molecule has 13 heavy (non-hydrogen) atoms. The summed E-state index contributed by atoms with van der Waals surface area (Å²) in [6.45, 7) is 0.894. The highest BCUT2D eigenvalue weighted by Gasteiger charge is 2.16. The predicted octanol–water partition coefficient (Wildman–Crippen LogP) is 1.39. The fourth-order valence-corrected chi connectivity index (χ4v) is 1.67. The van der Waals surface area contributed by atoms with Crippen molar-refractivity contribution in [3.8, 4) is 0 Å². The predicted molar refractivity (Wildman–Crippen MR) is 51.3 cm³/mol. The van der Waals surface area contributed by atoms with Gasteiger partial charge in [-0.2, -0.15) is 0 Å². The van der Waals surface area contributed by atoms with Gasteiger partial charge in [0.25, 0.3) is 0 Å². The maximum atomic E-state index is 5.73. The van der Waals surface area contributed by atoms with Crippen LogP contribution in [0.3, 0.4) is 0 Å². The summed E-state index contributed by atoms with van der Waals surface area (Å²) >= 11 is 0. The van der Waals surface area contributed by atoms with Gasteiger partial charge in [0.1, 0.15) is 5.82 Å². The van der Waals surface area contributed by atoms with Gasteiger partial charge in [-0.3, -0.25) is 0 Å². The number of hydrogen-bond donors (Lipinski definition) is 1. The van der Waals surface area contributed by atoms with Crippen LogP contribution in [0, 0.1) is 0 Å². The fourth-order valence-electron chi connectivity index (χ4n) is 1.67. The second kappa shape index (κ2) is 3.75. The first-order valence-electron chi connectivity index (χ1n) is 4.67. The van der Waals surface area contributed by atoms with Gasteiger partial charge < -0.3 is 10.5 Å². The largest absolute Gasteiger partial charge is 0.383 e. The molecule has 2 heterocycles. The van der Waals surface area contributed by atoms with E-state index in [1.54, 1.807) is 6.20 Å². The van der Waals surface area contributed by atoms with Gasteiger partial charge in [-0.1, -0.05) is 6.07 Å².